The third-order valence-electron chi connectivity index (χ3n) is 5.45. The molecule has 172 valence electrons. The van der Waals surface area contributed by atoms with Crippen LogP contribution in [-0.2, 0) is 16.2 Å². The first-order chi connectivity index (χ1) is 16.0. The maximum atomic E-state index is 12.8. The van der Waals surface area contributed by atoms with Crippen LogP contribution in [0.25, 0.3) is 6.08 Å². The number of hydrogen-bond donors (Lipinski definition) is 0. The molecule has 3 amide bonds. The number of ether oxygens (including phenoxy) is 2. The van der Waals surface area contributed by atoms with E-state index >= 15 is 0 Å². The minimum absolute atomic E-state index is 0.198. The fourth-order valence-corrected chi connectivity index (χ4v) is 4.68. The van der Waals surface area contributed by atoms with E-state index in [0.29, 0.717) is 35.2 Å². The van der Waals surface area contributed by atoms with Crippen LogP contribution in [0.4, 0.5) is 4.79 Å². The molecule has 2 saturated heterocycles. The summed E-state index contributed by atoms with van der Waals surface area (Å²) < 4.78 is 11.3. The normalized spacial score (nSPS) is 17.2. The molecule has 0 radical (unpaired) electrons. The van der Waals surface area contributed by atoms with E-state index in [1.807, 2.05) is 18.2 Å². The Hall–Kier alpha value is -2.97. The predicted molar refractivity (Wildman–Crippen MR) is 127 cm³/mol. The maximum Gasteiger partial charge on any atom is 0.294 e. The number of amides is 3. The van der Waals surface area contributed by atoms with Crippen molar-refractivity contribution in [3.63, 3.8) is 0 Å². The number of carbonyl (C=O) groups excluding carboxylic acids is 3. The van der Waals surface area contributed by atoms with E-state index in [4.69, 9.17) is 21.1 Å². The molecule has 0 atom stereocenters. The second-order valence-corrected chi connectivity index (χ2v) is 9.05. The Balaban J connectivity index is 1.49. The number of hydrogen-bond acceptors (Lipinski definition) is 6. The first kappa shape index (κ1) is 23.2. The average Bonchev–Trinajstić information content (AvgIpc) is 3.44. The fraction of sp³-hybridized carbons (Fsp3) is 0.292. The molecule has 0 spiro atoms. The van der Waals surface area contributed by atoms with Gasteiger partial charge in [-0.25, -0.2) is 0 Å². The van der Waals surface area contributed by atoms with Crippen molar-refractivity contribution in [1.29, 1.82) is 0 Å². The van der Waals surface area contributed by atoms with Crippen LogP contribution in [-0.4, -0.2) is 53.6 Å². The summed E-state index contributed by atoms with van der Waals surface area (Å²) in [6, 6.07) is 12.6. The zero-order valence-corrected chi connectivity index (χ0v) is 19.7. The summed E-state index contributed by atoms with van der Waals surface area (Å²) in [6.45, 7) is 1.37. The van der Waals surface area contributed by atoms with Crippen molar-refractivity contribution in [2.75, 3.05) is 26.7 Å². The molecular formula is C24H23ClN2O5S. The van der Waals surface area contributed by atoms with E-state index in [1.54, 1.807) is 42.4 Å². The monoisotopic (exact) mass is 486 g/mol. The molecule has 9 heteroatoms. The van der Waals surface area contributed by atoms with E-state index in [2.05, 4.69) is 0 Å². The Morgan fingerprint density at radius 3 is 2.61 bits per heavy atom. The van der Waals surface area contributed by atoms with E-state index in [9.17, 15) is 14.4 Å². The second kappa shape index (κ2) is 10.3. The Morgan fingerprint density at radius 2 is 1.88 bits per heavy atom. The smallest absolute Gasteiger partial charge is 0.294 e. The molecule has 0 saturated carbocycles. The fourth-order valence-electron chi connectivity index (χ4n) is 3.66. The Kier molecular flexibility index (Phi) is 7.25. The molecule has 0 aliphatic carbocycles. The number of likely N-dealkylation sites (tertiary alicyclic amines) is 1. The molecule has 4 rings (SSSR count). The Bertz CT molecular complexity index is 1110. The summed E-state index contributed by atoms with van der Waals surface area (Å²) in [6.07, 6.45) is 3.52. The molecule has 2 aliphatic heterocycles. The van der Waals surface area contributed by atoms with Crippen LogP contribution in [0, 0.1) is 0 Å². The van der Waals surface area contributed by atoms with Gasteiger partial charge in [0.1, 0.15) is 13.2 Å². The minimum Gasteiger partial charge on any atom is -0.493 e. The predicted octanol–water partition coefficient (Wildman–Crippen LogP) is 4.59. The van der Waals surface area contributed by atoms with E-state index in [-0.39, 0.29) is 24.0 Å². The summed E-state index contributed by atoms with van der Waals surface area (Å²) in [4.78, 5) is 40.6. The molecule has 2 aromatic carbocycles. The van der Waals surface area contributed by atoms with Crippen molar-refractivity contribution < 1.29 is 23.9 Å². The molecule has 0 unspecified atom stereocenters. The molecular weight excluding hydrogens is 464 g/mol. The van der Waals surface area contributed by atoms with Crippen LogP contribution in [0.1, 0.15) is 24.0 Å². The highest BCUT2D eigenvalue weighted by Crippen LogP contribution is 2.35. The van der Waals surface area contributed by atoms with Gasteiger partial charge in [-0.2, -0.15) is 0 Å². The van der Waals surface area contributed by atoms with Crippen LogP contribution in [0.15, 0.2) is 47.4 Å². The summed E-state index contributed by atoms with van der Waals surface area (Å²) in [7, 11) is 1.54. The summed E-state index contributed by atoms with van der Waals surface area (Å²) in [5.74, 6) is 0.348. The highest BCUT2D eigenvalue weighted by atomic mass is 35.5. The zero-order valence-electron chi connectivity index (χ0n) is 18.1. The number of methoxy groups -OCH3 is 1. The van der Waals surface area contributed by atoms with Crippen LogP contribution in [0.3, 0.4) is 0 Å². The molecule has 2 aromatic rings. The van der Waals surface area contributed by atoms with Gasteiger partial charge in [0.25, 0.3) is 11.1 Å². The van der Waals surface area contributed by atoms with Gasteiger partial charge < -0.3 is 14.4 Å². The largest absolute Gasteiger partial charge is 0.493 e. The van der Waals surface area contributed by atoms with Gasteiger partial charge in [0.2, 0.25) is 5.91 Å². The van der Waals surface area contributed by atoms with Crippen LogP contribution >= 0.6 is 23.4 Å². The van der Waals surface area contributed by atoms with Gasteiger partial charge in [-0.3, -0.25) is 19.3 Å². The number of benzene rings is 2. The summed E-state index contributed by atoms with van der Waals surface area (Å²) in [5.41, 5.74) is 1.50. The van der Waals surface area contributed by atoms with Gasteiger partial charge in [0, 0.05) is 23.7 Å². The molecule has 0 bridgehead atoms. The first-order valence-corrected chi connectivity index (χ1v) is 11.7. The van der Waals surface area contributed by atoms with Crippen molar-refractivity contribution in [3.8, 4) is 11.5 Å². The number of carbonyl (C=O) groups is 3. The van der Waals surface area contributed by atoms with Gasteiger partial charge in [-0.05, 0) is 54.4 Å². The quantitative estimate of drug-likeness (QED) is 0.533. The highest BCUT2D eigenvalue weighted by molar-refractivity contribution is 8.18. The number of imide groups is 1. The lowest BCUT2D eigenvalue weighted by Crippen LogP contribution is -2.40. The molecule has 0 N–H and O–H groups in total. The lowest BCUT2D eigenvalue weighted by atomic mass is 10.1. The number of thioether (sulfide) groups is 1. The molecule has 2 fully saturated rings. The molecule has 33 heavy (non-hydrogen) atoms. The van der Waals surface area contributed by atoms with Crippen LogP contribution in [0.2, 0.25) is 5.02 Å². The lowest BCUT2D eigenvalue weighted by Gasteiger charge is -2.18. The van der Waals surface area contributed by atoms with Crippen molar-refractivity contribution in [3.05, 3.63) is 63.5 Å². The number of rotatable bonds is 7. The molecule has 0 aromatic heterocycles. The highest BCUT2D eigenvalue weighted by Gasteiger charge is 2.37. The average molecular weight is 487 g/mol. The third kappa shape index (κ3) is 5.34. The topological polar surface area (TPSA) is 76.2 Å². The van der Waals surface area contributed by atoms with Gasteiger partial charge in [-0.15, -0.1) is 0 Å². The maximum absolute atomic E-state index is 12.8. The standard InChI is InChI=1S/C24H23ClN2O5S/c1-31-19-9-8-16(12-20(19)32-15-17-6-2-3-7-18(17)25)13-21-23(29)27(24(30)33-21)14-22(28)26-10-4-5-11-26/h2-3,6-9,12-13H,4-5,10-11,14-15H2,1H3/b21-13-. The van der Waals surface area contributed by atoms with Gasteiger partial charge >= 0.3 is 0 Å². The van der Waals surface area contributed by atoms with Crippen molar-refractivity contribution in [2.45, 2.75) is 19.4 Å². The van der Waals surface area contributed by atoms with Crippen LogP contribution < -0.4 is 9.47 Å². The summed E-state index contributed by atoms with van der Waals surface area (Å²) >= 11 is 7.03. The molecule has 7 nitrogen and oxygen atoms in total. The van der Waals surface area contributed by atoms with Gasteiger partial charge in [-0.1, -0.05) is 35.9 Å². The zero-order chi connectivity index (χ0) is 23.4. The number of halogens is 1. The Morgan fingerprint density at radius 1 is 1.12 bits per heavy atom. The molecule has 2 heterocycles. The molecule has 2 aliphatic rings. The van der Waals surface area contributed by atoms with Crippen molar-refractivity contribution >= 4 is 46.5 Å². The Labute approximate surface area is 201 Å². The first-order valence-electron chi connectivity index (χ1n) is 10.5. The van der Waals surface area contributed by atoms with E-state index < -0.39 is 11.1 Å². The van der Waals surface area contributed by atoms with Gasteiger partial charge in [0.15, 0.2) is 11.5 Å². The minimum atomic E-state index is -0.466. The van der Waals surface area contributed by atoms with E-state index in [0.717, 1.165) is 35.1 Å². The second-order valence-electron chi connectivity index (χ2n) is 7.65. The van der Waals surface area contributed by atoms with Gasteiger partial charge in [0.05, 0.1) is 12.0 Å². The van der Waals surface area contributed by atoms with E-state index in [1.165, 1.54) is 0 Å². The third-order valence-corrected chi connectivity index (χ3v) is 6.73. The number of nitrogens with zero attached hydrogens (tertiary/aromatic N) is 2. The lowest BCUT2D eigenvalue weighted by molar-refractivity contribution is -0.135. The summed E-state index contributed by atoms with van der Waals surface area (Å²) in [5, 5.41) is 0.160. The van der Waals surface area contributed by atoms with Crippen molar-refractivity contribution in [2.24, 2.45) is 0 Å². The van der Waals surface area contributed by atoms with Crippen molar-refractivity contribution in [1.82, 2.24) is 9.80 Å². The SMILES string of the molecule is COc1ccc(/C=C2\SC(=O)N(CC(=O)N3CCCC3)C2=O)cc1OCc1ccccc1Cl. The van der Waals surface area contributed by atoms with Crippen LogP contribution in [0.5, 0.6) is 11.5 Å².